The summed E-state index contributed by atoms with van der Waals surface area (Å²) in [5.41, 5.74) is 0.341. The van der Waals surface area contributed by atoms with E-state index in [0.29, 0.717) is 0 Å². The maximum Gasteiger partial charge on any atom is 0.257 e. The first-order valence-electron chi connectivity index (χ1n) is 4.94. The lowest BCUT2D eigenvalue weighted by Crippen LogP contribution is -2.13. The predicted molar refractivity (Wildman–Crippen MR) is 68.6 cm³/mol. The van der Waals surface area contributed by atoms with Gasteiger partial charge in [-0.05, 0) is 30.3 Å². The SMILES string of the molecule is O=C(Nc1ccc(Cl)cc1F)c1ccc(Cl)nc1. The molecule has 0 atom stereocenters. The van der Waals surface area contributed by atoms with Crippen LogP contribution in [0.3, 0.4) is 0 Å². The van der Waals surface area contributed by atoms with Crippen LogP contribution in [0.2, 0.25) is 10.2 Å². The number of carbonyl (C=O) groups is 1. The Labute approximate surface area is 113 Å². The number of halogens is 3. The number of rotatable bonds is 2. The van der Waals surface area contributed by atoms with E-state index in [9.17, 15) is 9.18 Å². The molecule has 0 saturated carbocycles. The highest BCUT2D eigenvalue weighted by Crippen LogP contribution is 2.19. The average Bonchev–Trinajstić information content (AvgIpc) is 2.33. The van der Waals surface area contributed by atoms with Crippen molar-refractivity contribution in [1.82, 2.24) is 4.98 Å². The molecule has 0 saturated heterocycles. The summed E-state index contributed by atoms with van der Waals surface area (Å²) in [5, 5.41) is 2.96. The molecule has 0 aliphatic carbocycles. The lowest BCUT2D eigenvalue weighted by molar-refractivity contribution is 0.102. The number of aromatic nitrogens is 1. The van der Waals surface area contributed by atoms with Crippen LogP contribution in [0.15, 0.2) is 36.5 Å². The molecule has 0 aliphatic heterocycles. The summed E-state index contributed by atoms with van der Waals surface area (Å²) in [4.78, 5) is 15.5. The number of amides is 1. The molecule has 1 N–H and O–H groups in total. The summed E-state index contributed by atoms with van der Waals surface area (Å²) in [5.74, 6) is -1.07. The maximum atomic E-state index is 13.5. The molecule has 0 fully saturated rings. The Morgan fingerprint density at radius 1 is 1.22 bits per heavy atom. The highest BCUT2D eigenvalue weighted by molar-refractivity contribution is 6.30. The minimum Gasteiger partial charge on any atom is -0.319 e. The quantitative estimate of drug-likeness (QED) is 0.853. The Kier molecular flexibility index (Phi) is 3.79. The Morgan fingerprint density at radius 3 is 2.61 bits per heavy atom. The lowest BCUT2D eigenvalue weighted by atomic mass is 10.2. The summed E-state index contributed by atoms with van der Waals surface area (Å²) in [6, 6.07) is 6.98. The van der Waals surface area contributed by atoms with Crippen molar-refractivity contribution in [2.45, 2.75) is 0 Å². The smallest absolute Gasteiger partial charge is 0.257 e. The highest BCUT2D eigenvalue weighted by Gasteiger charge is 2.09. The average molecular weight is 285 g/mol. The van der Waals surface area contributed by atoms with Crippen LogP contribution in [0.25, 0.3) is 0 Å². The molecule has 1 aromatic carbocycles. The van der Waals surface area contributed by atoms with E-state index in [-0.39, 0.29) is 21.4 Å². The number of nitrogens with one attached hydrogen (secondary N) is 1. The summed E-state index contributed by atoms with van der Waals surface area (Å²) >= 11 is 11.2. The van der Waals surface area contributed by atoms with Gasteiger partial charge in [0.1, 0.15) is 11.0 Å². The van der Waals surface area contributed by atoms with Crippen LogP contribution in [-0.4, -0.2) is 10.9 Å². The molecule has 0 radical (unpaired) electrons. The van der Waals surface area contributed by atoms with Crippen molar-refractivity contribution in [2.75, 3.05) is 5.32 Å². The first-order valence-corrected chi connectivity index (χ1v) is 5.70. The van der Waals surface area contributed by atoms with Crippen molar-refractivity contribution < 1.29 is 9.18 Å². The van der Waals surface area contributed by atoms with Crippen molar-refractivity contribution in [3.63, 3.8) is 0 Å². The van der Waals surface area contributed by atoms with E-state index in [0.717, 1.165) is 6.07 Å². The molecule has 0 bridgehead atoms. The van der Waals surface area contributed by atoms with Crippen LogP contribution >= 0.6 is 23.2 Å². The van der Waals surface area contributed by atoms with Crippen LogP contribution in [0.5, 0.6) is 0 Å². The van der Waals surface area contributed by atoms with Gasteiger partial charge in [0.05, 0.1) is 11.3 Å². The fourth-order valence-corrected chi connectivity index (χ4v) is 1.57. The lowest BCUT2D eigenvalue weighted by Gasteiger charge is -2.06. The third-order valence-electron chi connectivity index (χ3n) is 2.17. The number of nitrogens with zero attached hydrogens (tertiary/aromatic N) is 1. The molecule has 0 aliphatic rings. The summed E-state index contributed by atoms with van der Waals surface area (Å²) < 4.78 is 13.5. The van der Waals surface area contributed by atoms with Crippen LogP contribution in [0, 0.1) is 5.82 Å². The molecule has 92 valence electrons. The second kappa shape index (κ2) is 5.33. The first-order chi connectivity index (χ1) is 8.56. The maximum absolute atomic E-state index is 13.5. The Bertz CT molecular complexity index is 587. The van der Waals surface area contributed by atoms with Crippen molar-refractivity contribution in [1.29, 1.82) is 0 Å². The van der Waals surface area contributed by atoms with E-state index in [4.69, 9.17) is 23.2 Å². The molecule has 1 aromatic heterocycles. The zero-order valence-electron chi connectivity index (χ0n) is 8.95. The molecule has 6 heteroatoms. The van der Waals surface area contributed by atoms with Crippen LogP contribution in [-0.2, 0) is 0 Å². The zero-order valence-corrected chi connectivity index (χ0v) is 10.5. The molecule has 0 unspecified atom stereocenters. The van der Waals surface area contributed by atoms with E-state index in [1.54, 1.807) is 0 Å². The third-order valence-corrected chi connectivity index (χ3v) is 2.63. The second-order valence-electron chi connectivity index (χ2n) is 3.45. The van der Waals surface area contributed by atoms with Gasteiger partial charge < -0.3 is 5.32 Å². The van der Waals surface area contributed by atoms with Gasteiger partial charge in [-0.2, -0.15) is 0 Å². The molecule has 1 heterocycles. The van der Waals surface area contributed by atoms with Gasteiger partial charge in [0.25, 0.3) is 5.91 Å². The predicted octanol–water partition coefficient (Wildman–Crippen LogP) is 3.78. The van der Waals surface area contributed by atoms with Gasteiger partial charge in [-0.1, -0.05) is 23.2 Å². The molecule has 1 amide bonds. The summed E-state index contributed by atoms with van der Waals surface area (Å²) in [7, 11) is 0. The molecular weight excluding hydrogens is 278 g/mol. The van der Waals surface area contributed by atoms with Gasteiger partial charge in [-0.15, -0.1) is 0 Å². The Morgan fingerprint density at radius 2 is 2.00 bits per heavy atom. The fraction of sp³-hybridized carbons (Fsp3) is 0. The van der Waals surface area contributed by atoms with E-state index >= 15 is 0 Å². The first kappa shape index (κ1) is 12.8. The normalized spacial score (nSPS) is 10.2. The molecule has 2 rings (SSSR count). The molecule has 18 heavy (non-hydrogen) atoms. The van der Waals surface area contributed by atoms with Crippen molar-refractivity contribution >= 4 is 34.8 Å². The van der Waals surface area contributed by atoms with Crippen LogP contribution < -0.4 is 5.32 Å². The summed E-state index contributed by atoms with van der Waals surface area (Å²) in [6.45, 7) is 0. The highest BCUT2D eigenvalue weighted by atomic mass is 35.5. The van der Waals surface area contributed by atoms with Crippen LogP contribution in [0.1, 0.15) is 10.4 Å². The van der Waals surface area contributed by atoms with Crippen LogP contribution in [0.4, 0.5) is 10.1 Å². The summed E-state index contributed by atoms with van der Waals surface area (Å²) in [6.07, 6.45) is 1.31. The number of hydrogen-bond acceptors (Lipinski definition) is 2. The third kappa shape index (κ3) is 2.97. The molecule has 0 spiro atoms. The Hall–Kier alpha value is -1.65. The van der Waals surface area contributed by atoms with Crippen molar-refractivity contribution in [2.24, 2.45) is 0 Å². The van der Waals surface area contributed by atoms with Gasteiger partial charge in [-0.25, -0.2) is 9.37 Å². The van der Waals surface area contributed by atoms with Gasteiger partial charge >= 0.3 is 0 Å². The standard InChI is InChI=1S/C12H7Cl2FN2O/c13-8-2-3-10(9(15)5-8)17-12(18)7-1-4-11(14)16-6-7/h1-6H,(H,17,18). The largest absolute Gasteiger partial charge is 0.319 e. The van der Waals surface area contributed by atoms with E-state index in [2.05, 4.69) is 10.3 Å². The van der Waals surface area contributed by atoms with Gasteiger partial charge in [0.15, 0.2) is 0 Å². The number of carbonyl (C=O) groups excluding carboxylic acids is 1. The van der Waals surface area contributed by atoms with Crippen molar-refractivity contribution in [3.8, 4) is 0 Å². The zero-order chi connectivity index (χ0) is 13.1. The number of hydrogen-bond donors (Lipinski definition) is 1. The van der Waals surface area contributed by atoms with Gasteiger partial charge in [-0.3, -0.25) is 4.79 Å². The number of anilines is 1. The number of benzene rings is 1. The van der Waals surface area contributed by atoms with E-state index < -0.39 is 11.7 Å². The van der Waals surface area contributed by atoms with E-state index in [1.807, 2.05) is 0 Å². The fourth-order valence-electron chi connectivity index (χ4n) is 1.30. The second-order valence-corrected chi connectivity index (χ2v) is 4.27. The minimum atomic E-state index is -0.599. The van der Waals surface area contributed by atoms with E-state index in [1.165, 1.54) is 30.5 Å². The monoisotopic (exact) mass is 284 g/mol. The number of pyridine rings is 1. The molecule has 2 aromatic rings. The minimum absolute atomic E-state index is 0.0550. The van der Waals surface area contributed by atoms with Gasteiger partial charge in [0.2, 0.25) is 0 Å². The molecular formula is C12H7Cl2FN2O. The molecule has 3 nitrogen and oxygen atoms in total. The Balaban J connectivity index is 2.18. The van der Waals surface area contributed by atoms with Crippen molar-refractivity contribution in [3.05, 3.63) is 58.1 Å². The van der Waals surface area contributed by atoms with Gasteiger partial charge in [0, 0.05) is 11.2 Å². The topological polar surface area (TPSA) is 42.0 Å².